The Morgan fingerprint density at radius 2 is 2.11 bits per heavy atom. The first-order chi connectivity index (χ1) is 8.65. The zero-order chi connectivity index (χ0) is 13.1. The Morgan fingerprint density at radius 3 is 2.72 bits per heavy atom. The molecule has 4 heteroatoms. The molecule has 1 fully saturated rings. The zero-order valence-electron chi connectivity index (χ0n) is 11.0. The summed E-state index contributed by atoms with van der Waals surface area (Å²) in [5.41, 5.74) is 2.21. The molecule has 1 aromatic rings. The second kappa shape index (κ2) is 6.14. The lowest BCUT2D eigenvalue weighted by molar-refractivity contribution is 0.213. The van der Waals surface area contributed by atoms with Crippen LogP contribution in [0.15, 0.2) is 18.2 Å². The largest absolute Gasteiger partial charge is 0.367 e. The Bertz CT molecular complexity index is 409. The van der Waals surface area contributed by atoms with Crippen molar-refractivity contribution in [1.29, 1.82) is 0 Å². The van der Waals surface area contributed by atoms with Crippen LogP contribution in [0.1, 0.15) is 18.9 Å². The van der Waals surface area contributed by atoms with Gasteiger partial charge in [-0.05, 0) is 31.2 Å². The van der Waals surface area contributed by atoms with Gasteiger partial charge in [0.15, 0.2) is 0 Å². The van der Waals surface area contributed by atoms with Gasteiger partial charge in [-0.1, -0.05) is 24.6 Å². The second-order valence-electron chi connectivity index (χ2n) is 4.91. The van der Waals surface area contributed by atoms with Crippen molar-refractivity contribution in [2.45, 2.75) is 25.3 Å². The lowest BCUT2D eigenvalue weighted by Gasteiger charge is -2.40. The predicted molar refractivity (Wildman–Crippen MR) is 79.9 cm³/mol. The minimum Gasteiger partial charge on any atom is -0.367 e. The Balaban J connectivity index is 2.16. The van der Waals surface area contributed by atoms with E-state index < -0.39 is 0 Å². The van der Waals surface area contributed by atoms with E-state index in [0.717, 1.165) is 35.9 Å². The third-order valence-electron chi connectivity index (χ3n) is 3.76. The van der Waals surface area contributed by atoms with Crippen molar-refractivity contribution in [1.82, 2.24) is 4.90 Å². The fraction of sp³-hybridized carbons (Fsp3) is 0.571. The Morgan fingerprint density at radius 1 is 1.33 bits per heavy atom. The molecule has 0 aliphatic carbocycles. The van der Waals surface area contributed by atoms with Gasteiger partial charge in [-0.3, -0.25) is 4.90 Å². The number of halogens is 2. The van der Waals surface area contributed by atoms with E-state index >= 15 is 0 Å². The molecule has 0 amide bonds. The molecule has 1 aliphatic rings. The standard InChI is InChI=1S/C14H20Cl2N2/c1-3-12-10-18(7-6-17(12)2)14-5-4-11(9-15)8-13(14)16/h4-5,8,12H,3,6-7,9-10H2,1-2H3. The molecule has 0 aromatic heterocycles. The molecule has 0 radical (unpaired) electrons. The molecule has 18 heavy (non-hydrogen) atoms. The quantitative estimate of drug-likeness (QED) is 0.784. The van der Waals surface area contributed by atoms with E-state index in [0.29, 0.717) is 11.9 Å². The van der Waals surface area contributed by atoms with E-state index in [4.69, 9.17) is 23.2 Å². The van der Waals surface area contributed by atoms with Crippen LogP contribution in [-0.4, -0.2) is 37.6 Å². The van der Waals surface area contributed by atoms with Crippen molar-refractivity contribution in [3.8, 4) is 0 Å². The molecule has 1 aliphatic heterocycles. The molecule has 0 bridgehead atoms. The summed E-state index contributed by atoms with van der Waals surface area (Å²) in [6, 6.07) is 6.75. The average Bonchev–Trinajstić information content (AvgIpc) is 2.39. The monoisotopic (exact) mass is 286 g/mol. The van der Waals surface area contributed by atoms with Crippen molar-refractivity contribution < 1.29 is 0 Å². The molecular weight excluding hydrogens is 267 g/mol. The predicted octanol–water partition coefficient (Wildman–Crippen LogP) is 3.61. The van der Waals surface area contributed by atoms with Crippen LogP contribution in [0.3, 0.4) is 0 Å². The van der Waals surface area contributed by atoms with E-state index in [9.17, 15) is 0 Å². The molecule has 100 valence electrons. The number of anilines is 1. The summed E-state index contributed by atoms with van der Waals surface area (Å²) >= 11 is 12.2. The first-order valence-corrected chi connectivity index (χ1v) is 7.36. The van der Waals surface area contributed by atoms with E-state index in [1.807, 2.05) is 6.07 Å². The van der Waals surface area contributed by atoms with Crippen molar-refractivity contribution in [2.24, 2.45) is 0 Å². The maximum Gasteiger partial charge on any atom is 0.0642 e. The Kier molecular flexibility index (Phi) is 4.77. The molecule has 1 unspecified atom stereocenters. The fourth-order valence-electron chi connectivity index (χ4n) is 2.50. The van der Waals surface area contributed by atoms with Crippen LogP contribution < -0.4 is 4.90 Å². The highest BCUT2D eigenvalue weighted by molar-refractivity contribution is 6.33. The Labute approximate surface area is 119 Å². The Hall–Kier alpha value is -0.440. The van der Waals surface area contributed by atoms with E-state index in [-0.39, 0.29) is 0 Å². The number of hydrogen-bond acceptors (Lipinski definition) is 2. The lowest BCUT2D eigenvalue weighted by Crippen LogP contribution is -2.51. The molecule has 2 nitrogen and oxygen atoms in total. The number of piperazine rings is 1. The van der Waals surface area contributed by atoms with Gasteiger partial charge in [-0.2, -0.15) is 0 Å². The van der Waals surface area contributed by atoms with Gasteiger partial charge in [0.2, 0.25) is 0 Å². The normalized spacial score (nSPS) is 21.3. The molecular formula is C14H20Cl2N2. The van der Waals surface area contributed by atoms with Gasteiger partial charge in [0.1, 0.15) is 0 Å². The first kappa shape index (κ1) is 14.0. The summed E-state index contributed by atoms with van der Waals surface area (Å²) in [7, 11) is 2.20. The summed E-state index contributed by atoms with van der Waals surface area (Å²) in [6.07, 6.45) is 1.17. The van der Waals surface area contributed by atoms with Gasteiger partial charge >= 0.3 is 0 Å². The van der Waals surface area contributed by atoms with Crippen LogP contribution >= 0.6 is 23.2 Å². The highest BCUT2D eigenvalue weighted by Crippen LogP contribution is 2.29. The lowest BCUT2D eigenvalue weighted by atomic mass is 10.1. The van der Waals surface area contributed by atoms with Crippen molar-refractivity contribution in [3.05, 3.63) is 28.8 Å². The second-order valence-corrected chi connectivity index (χ2v) is 5.58. The summed E-state index contributed by atoms with van der Waals surface area (Å²) < 4.78 is 0. The van der Waals surface area contributed by atoms with Gasteiger partial charge in [0.05, 0.1) is 10.7 Å². The highest BCUT2D eigenvalue weighted by Gasteiger charge is 2.24. The van der Waals surface area contributed by atoms with Crippen LogP contribution in [0, 0.1) is 0 Å². The van der Waals surface area contributed by atoms with Gasteiger partial charge < -0.3 is 4.90 Å². The highest BCUT2D eigenvalue weighted by atomic mass is 35.5. The van der Waals surface area contributed by atoms with Crippen LogP contribution in [-0.2, 0) is 5.88 Å². The van der Waals surface area contributed by atoms with Crippen LogP contribution in [0.2, 0.25) is 5.02 Å². The van der Waals surface area contributed by atoms with Crippen LogP contribution in [0.5, 0.6) is 0 Å². The van der Waals surface area contributed by atoms with Crippen molar-refractivity contribution in [3.63, 3.8) is 0 Å². The smallest absolute Gasteiger partial charge is 0.0642 e. The number of hydrogen-bond donors (Lipinski definition) is 0. The number of alkyl halides is 1. The summed E-state index contributed by atoms with van der Waals surface area (Å²) in [5.74, 6) is 0.514. The molecule has 1 atom stereocenters. The molecule has 2 rings (SSSR count). The van der Waals surface area contributed by atoms with Crippen molar-refractivity contribution in [2.75, 3.05) is 31.6 Å². The maximum absolute atomic E-state index is 6.35. The van der Waals surface area contributed by atoms with E-state index in [2.05, 4.69) is 35.9 Å². The first-order valence-electron chi connectivity index (χ1n) is 6.45. The number of rotatable bonds is 3. The van der Waals surface area contributed by atoms with Crippen LogP contribution in [0.4, 0.5) is 5.69 Å². The van der Waals surface area contributed by atoms with Crippen LogP contribution in [0.25, 0.3) is 0 Å². The van der Waals surface area contributed by atoms with E-state index in [1.165, 1.54) is 6.42 Å². The average molecular weight is 287 g/mol. The maximum atomic E-state index is 6.35. The minimum absolute atomic E-state index is 0.514. The molecule has 1 saturated heterocycles. The number of benzene rings is 1. The zero-order valence-corrected chi connectivity index (χ0v) is 12.5. The number of likely N-dealkylation sites (N-methyl/N-ethyl adjacent to an activating group) is 1. The summed E-state index contributed by atoms with van der Waals surface area (Å²) in [4.78, 5) is 4.81. The van der Waals surface area contributed by atoms with E-state index in [1.54, 1.807) is 0 Å². The molecule has 1 heterocycles. The summed E-state index contributed by atoms with van der Waals surface area (Å²) in [5, 5.41) is 0.813. The summed E-state index contributed by atoms with van der Waals surface area (Å²) in [6.45, 7) is 5.41. The molecule has 0 spiro atoms. The van der Waals surface area contributed by atoms with Gasteiger partial charge in [-0.25, -0.2) is 0 Å². The fourth-order valence-corrected chi connectivity index (χ4v) is 2.98. The van der Waals surface area contributed by atoms with Gasteiger partial charge in [0.25, 0.3) is 0 Å². The third-order valence-corrected chi connectivity index (χ3v) is 4.37. The van der Waals surface area contributed by atoms with Gasteiger partial charge in [0, 0.05) is 31.6 Å². The minimum atomic E-state index is 0.514. The third kappa shape index (κ3) is 2.93. The molecule has 0 N–H and O–H groups in total. The molecule has 1 aromatic carbocycles. The SMILES string of the molecule is CCC1CN(c2ccc(CCl)cc2Cl)CCN1C. The number of nitrogens with zero attached hydrogens (tertiary/aromatic N) is 2. The molecule has 0 saturated carbocycles. The topological polar surface area (TPSA) is 6.48 Å². The van der Waals surface area contributed by atoms with Gasteiger partial charge in [-0.15, -0.1) is 11.6 Å². The van der Waals surface area contributed by atoms with Crippen molar-refractivity contribution >= 4 is 28.9 Å².